The van der Waals surface area contributed by atoms with Crippen molar-refractivity contribution in [3.8, 4) is 0 Å². The zero-order valence-corrected chi connectivity index (χ0v) is 13.7. The zero-order chi connectivity index (χ0) is 16.9. The average molecular weight is 335 g/mol. The minimum atomic E-state index is -0.561. The summed E-state index contributed by atoms with van der Waals surface area (Å²) in [5, 5.41) is 16.1. The zero-order valence-electron chi connectivity index (χ0n) is 13.7. The Labute approximate surface area is 141 Å². The van der Waals surface area contributed by atoms with Crippen LogP contribution in [0, 0.1) is 5.92 Å². The second-order valence-corrected chi connectivity index (χ2v) is 6.48. The molecule has 2 heterocycles. The molecule has 1 aliphatic heterocycles. The number of aromatic nitrogens is 2. The fourth-order valence-corrected chi connectivity index (χ4v) is 3.39. The van der Waals surface area contributed by atoms with E-state index in [1.165, 1.54) is 6.20 Å². The van der Waals surface area contributed by atoms with E-state index in [2.05, 4.69) is 20.6 Å². The van der Waals surface area contributed by atoms with Gasteiger partial charge in [-0.05, 0) is 25.7 Å². The van der Waals surface area contributed by atoms with Gasteiger partial charge in [-0.25, -0.2) is 4.98 Å². The first kappa shape index (κ1) is 16.9. The number of nitrogens with two attached hydrogens (primary N) is 1. The Hall–Kier alpha value is -1.93. The summed E-state index contributed by atoms with van der Waals surface area (Å²) in [6.45, 7) is 1.58. The first-order valence-corrected chi connectivity index (χ1v) is 8.56. The number of anilines is 2. The molecular weight excluding hydrogens is 310 g/mol. The van der Waals surface area contributed by atoms with Crippen LogP contribution in [0.3, 0.4) is 0 Å². The van der Waals surface area contributed by atoms with Gasteiger partial charge in [-0.3, -0.25) is 4.79 Å². The predicted octanol–water partition coefficient (Wildman–Crippen LogP) is 0.739. The summed E-state index contributed by atoms with van der Waals surface area (Å²) < 4.78 is 5.35. The van der Waals surface area contributed by atoms with Gasteiger partial charge in [0.2, 0.25) is 5.95 Å². The predicted molar refractivity (Wildman–Crippen MR) is 89.9 cm³/mol. The molecule has 3 rings (SSSR count). The van der Waals surface area contributed by atoms with Gasteiger partial charge < -0.3 is 26.2 Å². The Balaban J connectivity index is 1.76. The van der Waals surface area contributed by atoms with E-state index in [1.807, 2.05) is 0 Å². The Bertz CT molecular complexity index is 577. The van der Waals surface area contributed by atoms with Crippen molar-refractivity contribution in [3.63, 3.8) is 0 Å². The molecule has 1 aliphatic carbocycles. The summed E-state index contributed by atoms with van der Waals surface area (Å²) in [4.78, 5) is 20.3. The Morgan fingerprint density at radius 2 is 2.08 bits per heavy atom. The maximum Gasteiger partial charge on any atom is 0.254 e. The van der Waals surface area contributed by atoms with E-state index in [0.29, 0.717) is 11.8 Å². The van der Waals surface area contributed by atoms with E-state index < -0.39 is 5.91 Å². The van der Waals surface area contributed by atoms with Crippen LogP contribution in [0.2, 0.25) is 0 Å². The minimum Gasteiger partial charge on any atom is -0.396 e. The normalized spacial score (nSPS) is 24.7. The fourth-order valence-electron chi connectivity index (χ4n) is 3.39. The maximum atomic E-state index is 11.7. The lowest BCUT2D eigenvalue weighted by molar-refractivity contribution is 0.0903. The molecule has 0 bridgehead atoms. The Morgan fingerprint density at radius 1 is 1.29 bits per heavy atom. The molecule has 0 spiro atoms. The molecule has 2 fully saturated rings. The number of amides is 1. The van der Waals surface area contributed by atoms with E-state index in [9.17, 15) is 9.90 Å². The molecule has 1 aromatic rings. The van der Waals surface area contributed by atoms with Gasteiger partial charge in [-0.15, -0.1) is 0 Å². The van der Waals surface area contributed by atoms with Crippen LogP contribution >= 0.6 is 0 Å². The van der Waals surface area contributed by atoms with Crippen LogP contribution in [0.15, 0.2) is 6.20 Å². The van der Waals surface area contributed by atoms with Gasteiger partial charge in [0.15, 0.2) is 0 Å². The molecule has 8 heteroatoms. The summed E-state index contributed by atoms with van der Waals surface area (Å²) in [6, 6.07) is 0.363. The molecule has 8 nitrogen and oxygen atoms in total. The highest BCUT2D eigenvalue weighted by Gasteiger charge is 2.28. The number of hydrogen-bond donors (Lipinski definition) is 4. The molecule has 132 valence electrons. The monoisotopic (exact) mass is 335 g/mol. The van der Waals surface area contributed by atoms with Crippen LogP contribution in [0.4, 0.5) is 11.8 Å². The minimum absolute atomic E-state index is 0.0962. The molecule has 1 aromatic heterocycles. The first-order chi connectivity index (χ1) is 11.7. The smallest absolute Gasteiger partial charge is 0.254 e. The lowest BCUT2D eigenvalue weighted by Crippen LogP contribution is -2.31. The van der Waals surface area contributed by atoms with Gasteiger partial charge >= 0.3 is 0 Å². The van der Waals surface area contributed by atoms with Crippen LogP contribution in [0.5, 0.6) is 0 Å². The average Bonchev–Trinajstić information content (AvgIpc) is 3.03. The van der Waals surface area contributed by atoms with Crippen LogP contribution in [-0.4, -0.2) is 52.9 Å². The third-order valence-corrected chi connectivity index (χ3v) is 4.82. The highest BCUT2D eigenvalue weighted by molar-refractivity contribution is 5.97. The SMILES string of the molecule is NC(=O)c1cnc(NC2CCOCC2)nc1N[C@@H]1CCC[C@H]1CO. The summed E-state index contributed by atoms with van der Waals surface area (Å²) >= 11 is 0. The van der Waals surface area contributed by atoms with Crippen LogP contribution in [-0.2, 0) is 4.74 Å². The van der Waals surface area contributed by atoms with E-state index in [0.717, 1.165) is 45.3 Å². The van der Waals surface area contributed by atoms with Crippen molar-refractivity contribution in [2.45, 2.75) is 44.2 Å². The number of ether oxygens (including phenoxy) is 1. The molecule has 0 unspecified atom stereocenters. The lowest BCUT2D eigenvalue weighted by atomic mass is 10.0. The van der Waals surface area contributed by atoms with Crippen molar-refractivity contribution >= 4 is 17.7 Å². The number of carbonyl (C=O) groups excluding carboxylic acids is 1. The molecule has 0 radical (unpaired) electrons. The van der Waals surface area contributed by atoms with Crippen molar-refractivity contribution in [3.05, 3.63) is 11.8 Å². The largest absolute Gasteiger partial charge is 0.396 e. The highest BCUT2D eigenvalue weighted by Crippen LogP contribution is 2.29. The van der Waals surface area contributed by atoms with Crippen LogP contribution in [0.25, 0.3) is 0 Å². The highest BCUT2D eigenvalue weighted by atomic mass is 16.5. The standard InChI is InChI=1S/C16H25N5O3/c17-14(23)12-8-18-16(19-11-4-6-24-7-5-11)21-15(12)20-13-3-1-2-10(13)9-22/h8,10-11,13,22H,1-7,9H2,(H2,17,23)(H2,18,19,20,21)/t10-,13+/m0/s1. The number of aliphatic hydroxyl groups excluding tert-OH is 1. The summed E-state index contributed by atoms with van der Waals surface area (Å²) in [5.41, 5.74) is 5.72. The van der Waals surface area contributed by atoms with Crippen LogP contribution in [0.1, 0.15) is 42.5 Å². The van der Waals surface area contributed by atoms with E-state index in [-0.39, 0.29) is 30.2 Å². The maximum absolute atomic E-state index is 11.7. The number of nitrogens with one attached hydrogen (secondary N) is 2. The second-order valence-electron chi connectivity index (χ2n) is 6.48. The first-order valence-electron chi connectivity index (χ1n) is 8.56. The number of rotatable bonds is 6. The lowest BCUT2D eigenvalue weighted by Gasteiger charge is -2.24. The summed E-state index contributed by atoms with van der Waals surface area (Å²) in [5.74, 6) is 0.534. The van der Waals surface area contributed by atoms with E-state index in [4.69, 9.17) is 10.5 Å². The van der Waals surface area contributed by atoms with Gasteiger partial charge in [0.25, 0.3) is 5.91 Å². The van der Waals surface area contributed by atoms with Gasteiger partial charge in [-0.2, -0.15) is 4.98 Å². The number of hydrogen-bond acceptors (Lipinski definition) is 7. The number of carbonyl (C=O) groups is 1. The van der Waals surface area contributed by atoms with Gasteiger partial charge in [0.1, 0.15) is 5.82 Å². The fraction of sp³-hybridized carbons (Fsp3) is 0.688. The molecule has 5 N–H and O–H groups in total. The van der Waals surface area contributed by atoms with E-state index >= 15 is 0 Å². The molecule has 1 saturated carbocycles. The third-order valence-electron chi connectivity index (χ3n) is 4.82. The molecule has 1 saturated heterocycles. The second kappa shape index (κ2) is 7.76. The summed E-state index contributed by atoms with van der Waals surface area (Å²) in [7, 11) is 0. The van der Waals surface area contributed by atoms with E-state index in [1.54, 1.807) is 0 Å². The van der Waals surface area contributed by atoms with Crippen molar-refractivity contribution in [1.29, 1.82) is 0 Å². The number of primary amides is 1. The summed E-state index contributed by atoms with van der Waals surface area (Å²) in [6.07, 6.45) is 6.22. The van der Waals surface area contributed by atoms with Gasteiger partial charge in [-0.1, -0.05) is 6.42 Å². The Morgan fingerprint density at radius 3 is 2.79 bits per heavy atom. The molecule has 0 aromatic carbocycles. The van der Waals surface area contributed by atoms with Crippen molar-refractivity contribution < 1.29 is 14.6 Å². The molecule has 1 amide bonds. The molecule has 24 heavy (non-hydrogen) atoms. The molecular formula is C16H25N5O3. The van der Waals surface area contributed by atoms with Crippen molar-refractivity contribution in [2.24, 2.45) is 11.7 Å². The van der Waals surface area contributed by atoms with Gasteiger partial charge in [0, 0.05) is 44.0 Å². The Kier molecular flexibility index (Phi) is 5.47. The van der Waals surface area contributed by atoms with Crippen molar-refractivity contribution in [1.82, 2.24) is 9.97 Å². The molecule has 2 atom stereocenters. The van der Waals surface area contributed by atoms with Crippen LogP contribution < -0.4 is 16.4 Å². The molecule has 2 aliphatic rings. The van der Waals surface area contributed by atoms with Crippen molar-refractivity contribution in [2.75, 3.05) is 30.5 Å². The topological polar surface area (TPSA) is 122 Å². The third kappa shape index (κ3) is 3.93. The number of nitrogens with zero attached hydrogens (tertiary/aromatic N) is 2. The number of aliphatic hydroxyl groups is 1. The van der Waals surface area contributed by atoms with Gasteiger partial charge in [0.05, 0.1) is 5.56 Å². The quantitative estimate of drug-likeness (QED) is 0.604.